The summed E-state index contributed by atoms with van der Waals surface area (Å²) < 4.78 is 0. The van der Waals surface area contributed by atoms with Crippen LogP contribution in [0.2, 0.25) is 0 Å². The predicted octanol–water partition coefficient (Wildman–Crippen LogP) is 1.85. The largest absolute Gasteiger partial charge is 0.346 e. The lowest BCUT2D eigenvalue weighted by atomic mass is 10.1. The maximum absolute atomic E-state index is 12.0. The van der Waals surface area contributed by atoms with Gasteiger partial charge >= 0.3 is 0 Å². The topological polar surface area (TPSA) is 97.1 Å². The van der Waals surface area contributed by atoms with E-state index in [1.165, 1.54) is 11.3 Å². The van der Waals surface area contributed by atoms with Gasteiger partial charge in [0.25, 0.3) is 0 Å². The predicted molar refractivity (Wildman–Crippen MR) is 92.0 cm³/mol. The van der Waals surface area contributed by atoms with Gasteiger partial charge < -0.3 is 16.4 Å². The van der Waals surface area contributed by atoms with E-state index < -0.39 is 6.04 Å². The molecule has 4 N–H and O–H groups in total. The highest BCUT2D eigenvalue weighted by molar-refractivity contribution is 7.14. The number of aromatic nitrogens is 1. The zero-order valence-electron chi connectivity index (χ0n) is 13.1. The molecule has 7 heteroatoms. The van der Waals surface area contributed by atoms with Crippen LogP contribution in [0.1, 0.15) is 13.8 Å². The third-order valence-electron chi connectivity index (χ3n) is 3.31. The molecule has 1 heterocycles. The molecule has 2 amide bonds. The first-order valence-electron chi connectivity index (χ1n) is 7.31. The number of amides is 2. The molecule has 0 spiro atoms. The summed E-state index contributed by atoms with van der Waals surface area (Å²) in [5, 5.41) is 5.97. The Bertz CT molecular complexity index is 670. The van der Waals surface area contributed by atoms with Crippen LogP contribution >= 0.6 is 11.3 Å². The number of carbonyl (C=O) groups excluding carboxylic acids is 2. The van der Waals surface area contributed by atoms with Gasteiger partial charge in [-0.1, -0.05) is 44.2 Å². The van der Waals surface area contributed by atoms with E-state index >= 15 is 0 Å². The molecule has 0 radical (unpaired) electrons. The average molecular weight is 332 g/mol. The molecule has 2 rings (SSSR count). The molecule has 122 valence electrons. The molecule has 0 aliphatic heterocycles. The number of benzene rings is 1. The van der Waals surface area contributed by atoms with E-state index in [1.54, 1.807) is 5.51 Å². The highest BCUT2D eigenvalue weighted by Gasteiger charge is 2.18. The average Bonchev–Trinajstić information content (AvgIpc) is 3.00. The van der Waals surface area contributed by atoms with Crippen LogP contribution < -0.4 is 16.4 Å². The Hall–Kier alpha value is -2.25. The van der Waals surface area contributed by atoms with Crippen LogP contribution in [0.25, 0.3) is 11.3 Å². The Morgan fingerprint density at radius 3 is 2.61 bits per heavy atom. The lowest BCUT2D eigenvalue weighted by molar-refractivity contribution is -0.125. The van der Waals surface area contributed by atoms with Crippen LogP contribution in [0.5, 0.6) is 0 Å². The molecule has 0 unspecified atom stereocenters. The van der Waals surface area contributed by atoms with Crippen molar-refractivity contribution in [1.82, 2.24) is 10.3 Å². The summed E-state index contributed by atoms with van der Waals surface area (Å²) in [7, 11) is 0. The minimum atomic E-state index is -0.619. The Kier molecular flexibility index (Phi) is 5.84. The van der Waals surface area contributed by atoms with Gasteiger partial charge in [0.2, 0.25) is 11.8 Å². The van der Waals surface area contributed by atoms with E-state index in [2.05, 4.69) is 15.6 Å². The first kappa shape index (κ1) is 17.1. The monoisotopic (exact) mass is 332 g/mol. The molecule has 2 aromatic rings. The molecular formula is C16H20N4O2S. The quantitative estimate of drug-likeness (QED) is 0.752. The van der Waals surface area contributed by atoms with Crippen LogP contribution in [0.3, 0.4) is 0 Å². The van der Waals surface area contributed by atoms with Gasteiger partial charge in [0.15, 0.2) is 0 Å². The fraction of sp³-hybridized carbons (Fsp3) is 0.312. The van der Waals surface area contributed by atoms with E-state index in [0.717, 1.165) is 5.56 Å². The van der Waals surface area contributed by atoms with Crippen LogP contribution in [-0.4, -0.2) is 29.4 Å². The molecule has 1 atom stereocenters. The summed E-state index contributed by atoms with van der Waals surface area (Å²) in [6, 6.07) is 8.97. The highest BCUT2D eigenvalue weighted by Crippen LogP contribution is 2.29. The van der Waals surface area contributed by atoms with Crippen molar-refractivity contribution in [3.63, 3.8) is 0 Å². The van der Waals surface area contributed by atoms with Crippen molar-refractivity contribution in [3.05, 3.63) is 35.8 Å². The molecule has 1 aromatic carbocycles. The van der Waals surface area contributed by atoms with Gasteiger partial charge in [-0.05, 0) is 5.92 Å². The molecule has 0 fully saturated rings. The second-order valence-electron chi connectivity index (χ2n) is 5.43. The van der Waals surface area contributed by atoms with Crippen molar-refractivity contribution in [3.8, 4) is 11.3 Å². The Morgan fingerprint density at radius 1 is 1.26 bits per heavy atom. The molecule has 0 aliphatic carbocycles. The van der Waals surface area contributed by atoms with Crippen molar-refractivity contribution >= 4 is 28.2 Å². The van der Waals surface area contributed by atoms with E-state index in [0.29, 0.717) is 10.7 Å². The summed E-state index contributed by atoms with van der Waals surface area (Å²) >= 11 is 1.34. The van der Waals surface area contributed by atoms with Gasteiger partial charge in [0.1, 0.15) is 10.7 Å². The number of hydrogen-bond acceptors (Lipinski definition) is 5. The van der Waals surface area contributed by atoms with E-state index in [4.69, 9.17) is 5.73 Å². The number of thiazole rings is 1. The summed E-state index contributed by atoms with van der Waals surface area (Å²) in [5.74, 6) is -0.622. The number of carbonyl (C=O) groups is 2. The zero-order valence-corrected chi connectivity index (χ0v) is 13.9. The van der Waals surface area contributed by atoms with Gasteiger partial charge in [-0.2, -0.15) is 0 Å². The number of nitrogens with one attached hydrogen (secondary N) is 2. The summed E-state index contributed by atoms with van der Waals surface area (Å²) in [4.78, 5) is 28.0. The van der Waals surface area contributed by atoms with Gasteiger partial charge in [-0.25, -0.2) is 4.98 Å². The highest BCUT2D eigenvalue weighted by atomic mass is 32.1. The van der Waals surface area contributed by atoms with Crippen LogP contribution in [-0.2, 0) is 9.59 Å². The number of nitrogens with two attached hydrogens (primary N) is 1. The number of anilines is 1. The smallest absolute Gasteiger partial charge is 0.244 e. The first-order valence-corrected chi connectivity index (χ1v) is 8.19. The maximum Gasteiger partial charge on any atom is 0.244 e. The molecule has 0 saturated carbocycles. The fourth-order valence-electron chi connectivity index (χ4n) is 1.90. The van der Waals surface area contributed by atoms with E-state index in [-0.39, 0.29) is 24.3 Å². The SMILES string of the molecule is CC(C)[C@H](N)C(=O)NCC(=O)Nc1scnc1-c1ccccc1. The Labute approximate surface area is 139 Å². The van der Waals surface area contributed by atoms with Crippen molar-refractivity contribution < 1.29 is 9.59 Å². The standard InChI is InChI=1S/C16H20N4O2S/c1-10(2)13(17)15(22)18-8-12(21)20-16-14(19-9-23-16)11-6-4-3-5-7-11/h3-7,9-10,13H,8,17H2,1-2H3,(H,18,22)(H,20,21)/t13-/m0/s1. The molecule has 0 bridgehead atoms. The second kappa shape index (κ2) is 7.85. The van der Waals surface area contributed by atoms with Gasteiger partial charge in [-0.3, -0.25) is 9.59 Å². The van der Waals surface area contributed by atoms with Crippen LogP contribution in [0.4, 0.5) is 5.00 Å². The van der Waals surface area contributed by atoms with Gasteiger partial charge in [0, 0.05) is 5.56 Å². The van der Waals surface area contributed by atoms with E-state index in [1.807, 2.05) is 44.2 Å². The van der Waals surface area contributed by atoms with E-state index in [9.17, 15) is 9.59 Å². The lowest BCUT2D eigenvalue weighted by Crippen LogP contribution is -2.46. The van der Waals surface area contributed by atoms with Crippen molar-refractivity contribution in [2.75, 3.05) is 11.9 Å². The van der Waals surface area contributed by atoms with Crippen LogP contribution in [0.15, 0.2) is 35.8 Å². The number of rotatable bonds is 6. The van der Waals surface area contributed by atoms with Crippen LogP contribution in [0, 0.1) is 5.92 Å². The minimum absolute atomic E-state index is 0.0178. The first-order chi connectivity index (χ1) is 11.0. The molecule has 23 heavy (non-hydrogen) atoms. The van der Waals surface area contributed by atoms with Crippen molar-refractivity contribution in [1.29, 1.82) is 0 Å². The van der Waals surface area contributed by atoms with Gasteiger partial charge in [0.05, 0.1) is 18.1 Å². The van der Waals surface area contributed by atoms with Gasteiger partial charge in [-0.15, -0.1) is 11.3 Å². The second-order valence-corrected chi connectivity index (χ2v) is 6.29. The summed E-state index contributed by atoms with van der Waals surface area (Å²) in [6.07, 6.45) is 0. The normalized spacial score (nSPS) is 12.0. The molecule has 1 aromatic heterocycles. The Balaban J connectivity index is 1.95. The third kappa shape index (κ3) is 4.61. The number of nitrogens with zero attached hydrogens (tertiary/aromatic N) is 1. The van der Waals surface area contributed by atoms with Crippen molar-refractivity contribution in [2.24, 2.45) is 11.7 Å². The fourth-order valence-corrected chi connectivity index (χ4v) is 2.61. The third-order valence-corrected chi connectivity index (χ3v) is 4.05. The van der Waals surface area contributed by atoms with Crippen molar-refractivity contribution in [2.45, 2.75) is 19.9 Å². The molecule has 6 nitrogen and oxygen atoms in total. The molecule has 0 saturated heterocycles. The maximum atomic E-state index is 12.0. The Morgan fingerprint density at radius 2 is 1.96 bits per heavy atom. The summed E-state index contributed by atoms with van der Waals surface area (Å²) in [5.41, 5.74) is 9.05. The summed E-state index contributed by atoms with van der Waals surface area (Å²) in [6.45, 7) is 3.59. The lowest BCUT2D eigenvalue weighted by Gasteiger charge is -2.15. The molecular weight excluding hydrogens is 312 g/mol. The minimum Gasteiger partial charge on any atom is -0.346 e. The molecule has 0 aliphatic rings. The zero-order chi connectivity index (χ0) is 16.8. The number of hydrogen-bond donors (Lipinski definition) is 3.